The molecule has 0 spiro atoms. The lowest BCUT2D eigenvalue weighted by atomic mass is 9.92. The van der Waals surface area contributed by atoms with E-state index in [1.807, 2.05) is 23.6 Å². The normalized spacial score (nSPS) is 15.0. The number of primary amides is 1. The number of fused-ring (bicyclic) bond motifs is 1. The van der Waals surface area contributed by atoms with Gasteiger partial charge in [0.1, 0.15) is 0 Å². The van der Waals surface area contributed by atoms with Gasteiger partial charge in [-0.2, -0.15) is 0 Å². The molecule has 2 aromatic heterocycles. The summed E-state index contributed by atoms with van der Waals surface area (Å²) < 4.78 is 1.94. The molecule has 8 nitrogen and oxygen atoms in total. The van der Waals surface area contributed by atoms with Gasteiger partial charge in [-0.1, -0.05) is 6.07 Å². The number of nitrogens with two attached hydrogens (primary N) is 1. The average Bonchev–Trinajstić information content (AvgIpc) is 3.43. The van der Waals surface area contributed by atoms with Gasteiger partial charge in [-0.15, -0.1) is 0 Å². The van der Waals surface area contributed by atoms with Crippen molar-refractivity contribution < 1.29 is 15.0 Å². The molecule has 1 fully saturated rings. The first-order valence-corrected chi connectivity index (χ1v) is 9.29. The van der Waals surface area contributed by atoms with E-state index in [1.165, 1.54) is 0 Å². The van der Waals surface area contributed by atoms with Crippen molar-refractivity contribution in [3.8, 4) is 11.3 Å². The Morgan fingerprint density at radius 2 is 2.18 bits per heavy atom. The molecular formula is C20H23N5O3. The smallest absolute Gasteiger partial charge is 0.248 e. The number of aromatic nitrogens is 3. The van der Waals surface area contributed by atoms with E-state index >= 15 is 0 Å². The second-order valence-electron chi connectivity index (χ2n) is 7.17. The Labute approximate surface area is 162 Å². The van der Waals surface area contributed by atoms with E-state index in [-0.39, 0.29) is 13.2 Å². The molecule has 1 aliphatic rings. The first-order valence-electron chi connectivity index (χ1n) is 9.29. The maximum absolute atomic E-state index is 11.8. The minimum Gasteiger partial charge on any atom is -0.394 e. The Bertz CT molecular complexity index is 1040. The first kappa shape index (κ1) is 18.4. The third kappa shape index (κ3) is 3.21. The summed E-state index contributed by atoms with van der Waals surface area (Å²) in [5.74, 6) is 0.543. The average molecular weight is 381 g/mol. The summed E-state index contributed by atoms with van der Waals surface area (Å²) in [6, 6.07) is 3.71. The number of anilines is 1. The Morgan fingerprint density at radius 3 is 2.86 bits per heavy atom. The number of amides is 1. The van der Waals surface area contributed by atoms with Crippen LogP contribution in [0.2, 0.25) is 0 Å². The highest BCUT2D eigenvalue weighted by Gasteiger charge is 2.30. The Kier molecular flexibility index (Phi) is 4.74. The first-order chi connectivity index (χ1) is 13.5. The van der Waals surface area contributed by atoms with Crippen LogP contribution in [-0.2, 0) is 0 Å². The van der Waals surface area contributed by atoms with E-state index in [1.54, 1.807) is 18.5 Å². The highest BCUT2D eigenvalue weighted by Crippen LogP contribution is 2.46. The SMILES string of the molecule is Cc1c(C(N)=O)ccc(-c2cnc3c(NCC(O)CO)nccn23)c1C1CC1. The van der Waals surface area contributed by atoms with Crippen molar-refractivity contribution in [1.82, 2.24) is 14.4 Å². The predicted octanol–water partition coefficient (Wildman–Crippen LogP) is 1.45. The van der Waals surface area contributed by atoms with Crippen LogP contribution in [0, 0.1) is 6.92 Å². The monoisotopic (exact) mass is 381 g/mol. The van der Waals surface area contributed by atoms with Crippen LogP contribution in [-0.4, -0.2) is 49.7 Å². The molecule has 3 aromatic rings. The number of hydrogen-bond donors (Lipinski definition) is 4. The number of nitrogens with zero attached hydrogens (tertiary/aromatic N) is 3. The number of nitrogens with one attached hydrogen (secondary N) is 1. The third-order valence-corrected chi connectivity index (χ3v) is 5.19. The van der Waals surface area contributed by atoms with Gasteiger partial charge in [-0.25, -0.2) is 9.97 Å². The van der Waals surface area contributed by atoms with Gasteiger partial charge in [-0.3, -0.25) is 9.20 Å². The van der Waals surface area contributed by atoms with Crippen molar-refractivity contribution in [2.24, 2.45) is 5.73 Å². The zero-order valence-corrected chi connectivity index (χ0v) is 15.6. The van der Waals surface area contributed by atoms with E-state index in [0.717, 1.165) is 35.2 Å². The molecule has 28 heavy (non-hydrogen) atoms. The number of aliphatic hydroxyl groups excluding tert-OH is 2. The minimum absolute atomic E-state index is 0.172. The number of carbonyl (C=O) groups excluding carboxylic acids is 1. The highest BCUT2D eigenvalue weighted by atomic mass is 16.3. The molecule has 1 saturated carbocycles. The highest BCUT2D eigenvalue weighted by molar-refractivity contribution is 5.95. The second kappa shape index (κ2) is 7.21. The van der Waals surface area contributed by atoms with Gasteiger partial charge in [0.2, 0.25) is 5.91 Å². The van der Waals surface area contributed by atoms with Crippen LogP contribution in [0.1, 0.15) is 40.2 Å². The molecule has 8 heteroatoms. The van der Waals surface area contributed by atoms with Crippen molar-refractivity contribution in [2.75, 3.05) is 18.5 Å². The van der Waals surface area contributed by atoms with E-state index in [9.17, 15) is 9.90 Å². The summed E-state index contributed by atoms with van der Waals surface area (Å²) in [6.07, 6.45) is 6.60. The molecule has 4 rings (SSSR count). The van der Waals surface area contributed by atoms with E-state index in [4.69, 9.17) is 10.8 Å². The van der Waals surface area contributed by atoms with Crippen LogP contribution in [0.5, 0.6) is 0 Å². The number of carbonyl (C=O) groups is 1. The summed E-state index contributed by atoms with van der Waals surface area (Å²) in [6.45, 7) is 1.79. The predicted molar refractivity (Wildman–Crippen MR) is 105 cm³/mol. The summed E-state index contributed by atoms with van der Waals surface area (Å²) in [5, 5.41) is 21.6. The van der Waals surface area contributed by atoms with Crippen LogP contribution >= 0.6 is 0 Å². The van der Waals surface area contributed by atoms with Crippen LogP contribution in [0.3, 0.4) is 0 Å². The summed E-state index contributed by atoms with van der Waals surface area (Å²) >= 11 is 0. The van der Waals surface area contributed by atoms with Crippen molar-refractivity contribution >= 4 is 17.4 Å². The van der Waals surface area contributed by atoms with Crippen molar-refractivity contribution in [3.05, 3.63) is 47.4 Å². The van der Waals surface area contributed by atoms with E-state index in [2.05, 4.69) is 15.3 Å². The molecular weight excluding hydrogens is 358 g/mol. The van der Waals surface area contributed by atoms with Crippen molar-refractivity contribution in [3.63, 3.8) is 0 Å². The van der Waals surface area contributed by atoms with E-state index < -0.39 is 12.0 Å². The number of hydrogen-bond acceptors (Lipinski definition) is 6. The lowest BCUT2D eigenvalue weighted by Gasteiger charge is -2.15. The number of aliphatic hydroxyl groups is 2. The van der Waals surface area contributed by atoms with Gasteiger partial charge in [0.25, 0.3) is 0 Å². The summed E-state index contributed by atoms with van der Waals surface area (Å²) in [4.78, 5) is 20.6. The largest absolute Gasteiger partial charge is 0.394 e. The lowest BCUT2D eigenvalue weighted by Crippen LogP contribution is -2.23. The van der Waals surface area contributed by atoms with Crippen LogP contribution < -0.4 is 11.1 Å². The quantitative estimate of drug-likeness (QED) is 0.491. The maximum atomic E-state index is 11.8. The number of imidazole rings is 1. The van der Waals surface area contributed by atoms with Gasteiger partial charge in [0.05, 0.1) is 24.6 Å². The van der Waals surface area contributed by atoms with Gasteiger partial charge >= 0.3 is 0 Å². The molecule has 1 unspecified atom stereocenters. The molecule has 0 bridgehead atoms. The molecule has 1 aromatic carbocycles. The molecule has 146 valence electrons. The molecule has 1 aliphatic carbocycles. The Balaban J connectivity index is 1.80. The Hall–Kier alpha value is -2.97. The van der Waals surface area contributed by atoms with Crippen LogP contribution in [0.4, 0.5) is 5.82 Å². The topological polar surface area (TPSA) is 126 Å². The maximum Gasteiger partial charge on any atom is 0.248 e. The molecule has 0 radical (unpaired) electrons. The molecule has 1 amide bonds. The van der Waals surface area contributed by atoms with Gasteiger partial charge in [0.15, 0.2) is 11.5 Å². The molecule has 2 heterocycles. The van der Waals surface area contributed by atoms with Gasteiger partial charge < -0.3 is 21.3 Å². The molecule has 5 N–H and O–H groups in total. The third-order valence-electron chi connectivity index (χ3n) is 5.19. The summed E-state index contributed by atoms with van der Waals surface area (Å²) in [7, 11) is 0. The number of rotatable bonds is 7. The van der Waals surface area contributed by atoms with Crippen molar-refractivity contribution in [1.29, 1.82) is 0 Å². The van der Waals surface area contributed by atoms with Gasteiger partial charge in [-0.05, 0) is 42.9 Å². The zero-order valence-electron chi connectivity index (χ0n) is 15.6. The second-order valence-corrected chi connectivity index (χ2v) is 7.17. The summed E-state index contributed by atoms with van der Waals surface area (Å²) in [5.41, 5.74) is 10.7. The standard InChI is InChI=1S/C20H23N5O3/c1-11-14(18(21)28)4-5-15(17(11)12-2-3-12)16-9-24-20-19(22-6-7-25(16)20)23-8-13(27)10-26/h4-7,9,12-13,26-27H,2-3,8,10H2,1H3,(H2,21,28)(H,22,23). The molecule has 1 atom stereocenters. The zero-order chi connectivity index (χ0) is 19.8. The van der Waals surface area contributed by atoms with Gasteiger partial charge in [0, 0.05) is 30.1 Å². The van der Waals surface area contributed by atoms with Crippen molar-refractivity contribution in [2.45, 2.75) is 31.8 Å². The Morgan fingerprint density at radius 1 is 1.39 bits per heavy atom. The molecule has 0 saturated heterocycles. The fraction of sp³-hybridized carbons (Fsp3) is 0.350. The fourth-order valence-corrected chi connectivity index (χ4v) is 3.64. The van der Waals surface area contributed by atoms with E-state index in [0.29, 0.717) is 22.9 Å². The van der Waals surface area contributed by atoms with Crippen LogP contribution in [0.25, 0.3) is 16.9 Å². The molecule has 0 aliphatic heterocycles. The van der Waals surface area contributed by atoms with Crippen LogP contribution in [0.15, 0.2) is 30.7 Å². The fourth-order valence-electron chi connectivity index (χ4n) is 3.64. The lowest BCUT2D eigenvalue weighted by molar-refractivity contribution is 0.0999. The number of benzene rings is 1. The minimum atomic E-state index is -0.873.